The first-order valence-electron chi connectivity index (χ1n) is 18.2. The van der Waals surface area contributed by atoms with Gasteiger partial charge in [0.1, 0.15) is 0 Å². The number of benzene rings is 4. The topological polar surface area (TPSA) is 187 Å². The lowest BCUT2D eigenvalue weighted by Crippen LogP contribution is -2.05. The fourth-order valence-electron chi connectivity index (χ4n) is 3.97. The van der Waals surface area contributed by atoms with Crippen molar-refractivity contribution in [2.75, 3.05) is 45.7 Å². The van der Waals surface area contributed by atoms with Crippen molar-refractivity contribution in [2.24, 2.45) is 40.3 Å². The zero-order chi connectivity index (χ0) is 38.8. The van der Waals surface area contributed by atoms with Gasteiger partial charge in [-0.1, -0.05) is 114 Å². The molecule has 0 spiro atoms. The molecule has 1 aliphatic rings. The lowest BCUT2D eigenvalue weighted by Gasteiger charge is -2.03. The van der Waals surface area contributed by atoms with E-state index >= 15 is 0 Å². The van der Waals surface area contributed by atoms with Gasteiger partial charge in [-0.25, -0.2) is 0 Å². The van der Waals surface area contributed by atoms with Gasteiger partial charge in [-0.3, -0.25) is 0 Å². The van der Waals surface area contributed by atoms with Crippen molar-refractivity contribution in [1.82, 2.24) is 5.09 Å². The first kappa shape index (κ1) is 49.1. The predicted octanol–water partition coefficient (Wildman–Crippen LogP) is 6.35. The fraction of sp³-hybridized carbons (Fsp3) is 0.415. The van der Waals surface area contributed by atoms with Crippen LogP contribution in [0.1, 0.15) is 62.8 Å². The zero-order valence-electron chi connectivity index (χ0n) is 31.9. The van der Waals surface area contributed by atoms with Crippen molar-refractivity contribution in [1.29, 1.82) is 0 Å². The molecular formula is C41H69N7O2P2. The van der Waals surface area contributed by atoms with Crippen LogP contribution in [0.2, 0.25) is 0 Å². The minimum absolute atomic E-state index is 0.159. The molecule has 4 aromatic rings. The van der Waals surface area contributed by atoms with Gasteiger partial charge in [-0.2, -0.15) is 0 Å². The highest BCUT2D eigenvalue weighted by Gasteiger charge is 2.12. The van der Waals surface area contributed by atoms with Crippen molar-refractivity contribution < 1.29 is 9.47 Å². The number of ether oxygens (including phenoxy) is 2. The quantitative estimate of drug-likeness (QED) is 0.0639. The standard InChI is InChI=1S/C14H15N.C8H9NO2.C8H11N.C4H13N2P.C4H11N.C3H10NP/c15-11-10-12-6-8-14(9-7-12)13-4-2-1-3-5-13;9-4-6-1-2-7-8(3-6)11-5-10-7;1-7(9)8-5-3-2-4-6-8;5-3-1-2-4-6-7;1-4(2)3-5;4-2-1-3-5/h1-9H,10-11,15H2;1-3H,4-5,9H2;2-7H,9H2,1H3;6H,1-5,7H2;4H,3,5H2,1-2H3;1-5H2. The smallest absolute Gasteiger partial charge is 0.231 e. The second-order valence-corrected chi connectivity index (χ2v) is 13.2. The maximum absolute atomic E-state index is 5.61. The summed E-state index contributed by atoms with van der Waals surface area (Å²) in [7, 11) is 5.08. The van der Waals surface area contributed by atoms with Gasteiger partial charge in [0.15, 0.2) is 11.5 Å². The van der Waals surface area contributed by atoms with Crippen LogP contribution >= 0.6 is 18.6 Å². The summed E-state index contributed by atoms with van der Waals surface area (Å²) in [5.41, 5.74) is 38.2. The van der Waals surface area contributed by atoms with Crippen molar-refractivity contribution in [3.05, 3.63) is 120 Å². The van der Waals surface area contributed by atoms with Gasteiger partial charge in [0, 0.05) is 12.6 Å². The van der Waals surface area contributed by atoms with Gasteiger partial charge in [-0.15, -0.1) is 9.24 Å². The highest BCUT2D eigenvalue weighted by Crippen LogP contribution is 2.32. The van der Waals surface area contributed by atoms with Crippen LogP contribution in [-0.2, 0) is 13.0 Å². The molecule has 1 heterocycles. The number of nitrogens with two attached hydrogens (primary N) is 6. The maximum atomic E-state index is 5.61. The molecule has 52 heavy (non-hydrogen) atoms. The molecule has 0 aliphatic carbocycles. The molecule has 0 radical (unpaired) electrons. The average molecular weight is 754 g/mol. The van der Waals surface area contributed by atoms with E-state index in [2.05, 4.69) is 86.1 Å². The molecule has 13 N–H and O–H groups in total. The number of hydrogen-bond acceptors (Lipinski definition) is 9. The van der Waals surface area contributed by atoms with E-state index in [1.165, 1.54) is 28.7 Å². The average Bonchev–Trinajstić information content (AvgIpc) is 3.66. The van der Waals surface area contributed by atoms with Gasteiger partial charge >= 0.3 is 0 Å². The first-order chi connectivity index (χ1) is 25.2. The molecule has 9 nitrogen and oxygen atoms in total. The normalized spacial score (nSPS) is 11.1. The minimum Gasteiger partial charge on any atom is -0.454 e. The minimum atomic E-state index is 0.159. The van der Waals surface area contributed by atoms with Crippen LogP contribution in [0.3, 0.4) is 0 Å². The number of nitrogens with one attached hydrogen (secondary N) is 1. The molecule has 0 saturated heterocycles. The number of rotatable bonds is 12. The monoisotopic (exact) mass is 753 g/mol. The van der Waals surface area contributed by atoms with Gasteiger partial charge < -0.3 is 49.0 Å². The largest absolute Gasteiger partial charge is 0.454 e. The summed E-state index contributed by atoms with van der Waals surface area (Å²) in [6.45, 7) is 11.2. The Morgan fingerprint density at radius 2 is 1.19 bits per heavy atom. The first-order valence-corrected chi connectivity index (χ1v) is 19.6. The molecule has 0 amide bonds. The maximum Gasteiger partial charge on any atom is 0.231 e. The molecular weight excluding hydrogens is 684 g/mol. The van der Waals surface area contributed by atoms with Crippen LogP contribution in [0.5, 0.6) is 11.5 Å². The molecule has 11 heteroatoms. The zero-order valence-corrected chi connectivity index (χ0v) is 34.2. The molecule has 5 rings (SSSR count). The number of hydrogen-bond donors (Lipinski definition) is 7. The highest BCUT2D eigenvalue weighted by molar-refractivity contribution is 7.16. The summed E-state index contributed by atoms with van der Waals surface area (Å²) in [6.07, 6.45) is 5.53. The van der Waals surface area contributed by atoms with Crippen LogP contribution in [0.4, 0.5) is 0 Å². The molecule has 0 saturated carbocycles. The summed E-state index contributed by atoms with van der Waals surface area (Å²) in [5.74, 6) is 2.27. The summed E-state index contributed by atoms with van der Waals surface area (Å²) in [5, 5.41) is 2.96. The van der Waals surface area contributed by atoms with Crippen LogP contribution < -0.4 is 49.0 Å². The van der Waals surface area contributed by atoms with Gasteiger partial charge in [0.2, 0.25) is 6.79 Å². The van der Waals surface area contributed by atoms with E-state index in [1.54, 1.807) is 0 Å². The van der Waals surface area contributed by atoms with E-state index in [1.807, 2.05) is 61.5 Å². The van der Waals surface area contributed by atoms with E-state index < -0.39 is 0 Å². The Morgan fingerprint density at radius 1 is 0.654 bits per heavy atom. The SMILES string of the molecule is CC(C)CN.CC(N)c1ccccc1.NCCCCNP.NCCCP.NCCc1ccc(-c2ccccc2)cc1.NCc1ccc2c(c1)OCO2. The Kier molecular flexibility index (Phi) is 32.0. The summed E-state index contributed by atoms with van der Waals surface area (Å²) >= 11 is 0. The highest BCUT2D eigenvalue weighted by atomic mass is 31.0. The second kappa shape index (κ2) is 33.9. The third-order valence-corrected chi connectivity index (χ3v) is 7.84. The van der Waals surface area contributed by atoms with Crippen molar-refractivity contribution >= 4 is 18.6 Å². The summed E-state index contributed by atoms with van der Waals surface area (Å²) in [6, 6.07) is 34.9. The fourth-order valence-corrected chi connectivity index (χ4v) is 4.41. The van der Waals surface area contributed by atoms with E-state index in [9.17, 15) is 0 Å². The van der Waals surface area contributed by atoms with Crippen LogP contribution in [-0.4, -0.2) is 45.7 Å². The Balaban J connectivity index is 0.000000631. The summed E-state index contributed by atoms with van der Waals surface area (Å²) in [4.78, 5) is 0. The number of fused-ring (bicyclic) bond motifs is 1. The Labute approximate surface area is 319 Å². The molecule has 0 aromatic heterocycles. The van der Waals surface area contributed by atoms with Crippen molar-refractivity contribution in [3.8, 4) is 22.6 Å². The van der Waals surface area contributed by atoms with Crippen LogP contribution in [0.25, 0.3) is 11.1 Å². The van der Waals surface area contributed by atoms with E-state index in [4.69, 9.17) is 43.9 Å². The molecule has 1 aliphatic heterocycles. The molecule has 3 atom stereocenters. The van der Waals surface area contributed by atoms with Gasteiger partial charge in [0.05, 0.1) is 0 Å². The Bertz CT molecular complexity index is 1340. The van der Waals surface area contributed by atoms with Gasteiger partial charge in [-0.05, 0) is 117 Å². The molecule has 290 valence electrons. The lowest BCUT2D eigenvalue weighted by atomic mass is 10.0. The third kappa shape index (κ3) is 25.1. The third-order valence-electron chi connectivity index (χ3n) is 7.15. The lowest BCUT2D eigenvalue weighted by molar-refractivity contribution is 0.174. The van der Waals surface area contributed by atoms with Crippen LogP contribution in [0, 0.1) is 5.92 Å². The van der Waals surface area contributed by atoms with Crippen molar-refractivity contribution in [3.63, 3.8) is 0 Å². The Hall–Kier alpha value is -2.94. The molecule has 0 bridgehead atoms. The molecule has 0 fully saturated rings. The second-order valence-electron chi connectivity index (χ2n) is 12.2. The van der Waals surface area contributed by atoms with E-state index in [0.29, 0.717) is 25.8 Å². The Morgan fingerprint density at radius 3 is 1.63 bits per heavy atom. The summed E-state index contributed by atoms with van der Waals surface area (Å²) < 4.78 is 10.3. The molecule has 3 unspecified atom stereocenters. The van der Waals surface area contributed by atoms with E-state index in [0.717, 1.165) is 68.7 Å². The van der Waals surface area contributed by atoms with E-state index in [-0.39, 0.29) is 6.04 Å². The predicted molar refractivity (Wildman–Crippen MR) is 232 cm³/mol. The molecule has 4 aromatic carbocycles. The van der Waals surface area contributed by atoms with Gasteiger partial charge in [0.25, 0.3) is 0 Å². The number of unbranched alkanes of at least 4 members (excludes halogenated alkanes) is 1. The van der Waals surface area contributed by atoms with Crippen LogP contribution in [0.15, 0.2) is 103 Å². The van der Waals surface area contributed by atoms with Crippen molar-refractivity contribution in [2.45, 2.75) is 59.0 Å².